The van der Waals surface area contributed by atoms with Crippen LogP contribution < -0.4 is 10.2 Å². The summed E-state index contributed by atoms with van der Waals surface area (Å²) in [6, 6.07) is 6.41. The minimum absolute atomic E-state index is 0.0463. The van der Waals surface area contributed by atoms with E-state index in [2.05, 4.69) is 15.2 Å². The molecule has 1 amide bonds. The lowest BCUT2D eigenvalue weighted by Crippen LogP contribution is -2.36. The number of carbonyl (C=O) groups is 1. The van der Waals surface area contributed by atoms with Crippen molar-refractivity contribution >= 4 is 11.7 Å². The molecule has 0 spiro atoms. The predicted octanol–water partition coefficient (Wildman–Crippen LogP) is 2.13. The van der Waals surface area contributed by atoms with Gasteiger partial charge in [0.05, 0.1) is 13.2 Å². The monoisotopic (exact) mass is 333 g/mol. The van der Waals surface area contributed by atoms with E-state index in [9.17, 15) is 13.6 Å². The molecule has 1 N–H and O–H groups in total. The molecule has 0 radical (unpaired) electrons. The number of pyridine rings is 1. The van der Waals surface area contributed by atoms with E-state index in [0.29, 0.717) is 13.2 Å². The summed E-state index contributed by atoms with van der Waals surface area (Å²) in [5.74, 6) is -1.27. The van der Waals surface area contributed by atoms with Gasteiger partial charge in [-0.2, -0.15) is 0 Å². The Bertz CT molecular complexity index is 713. The summed E-state index contributed by atoms with van der Waals surface area (Å²) >= 11 is 0. The van der Waals surface area contributed by atoms with E-state index in [0.717, 1.165) is 42.7 Å². The van der Waals surface area contributed by atoms with Crippen molar-refractivity contribution in [3.63, 3.8) is 0 Å². The maximum Gasteiger partial charge on any atom is 0.251 e. The lowest BCUT2D eigenvalue weighted by Gasteiger charge is -2.28. The first kappa shape index (κ1) is 16.3. The second kappa shape index (κ2) is 7.35. The maximum atomic E-state index is 13.2. The topological polar surface area (TPSA) is 54.5 Å². The Kier molecular flexibility index (Phi) is 5.00. The van der Waals surface area contributed by atoms with Gasteiger partial charge >= 0.3 is 0 Å². The van der Waals surface area contributed by atoms with E-state index >= 15 is 0 Å². The van der Waals surface area contributed by atoms with E-state index in [1.165, 1.54) is 0 Å². The number of hydrogen-bond acceptors (Lipinski definition) is 4. The van der Waals surface area contributed by atoms with Crippen LogP contribution in [0.4, 0.5) is 14.6 Å². The van der Waals surface area contributed by atoms with Gasteiger partial charge < -0.3 is 15.0 Å². The molecule has 2 heterocycles. The SMILES string of the molecule is O=C(NCc1ccnc(N2CCOCC2)c1)c1cc(F)cc(F)c1. The number of amides is 1. The number of carbonyl (C=O) groups excluding carboxylic acids is 1. The third-order valence-corrected chi connectivity index (χ3v) is 3.72. The largest absolute Gasteiger partial charge is 0.378 e. The van der Waals surface area contributed by atoms with Crippen LogP contribution in [0.15, 0.2) is 36.5 Å². The quantitative estimate of drug-likeness (QED) is 0.931. The van der Waals surface area contributed by atoms with E-state index < -0.39 is 17.5 Å². The first-order valence-corrected chi connectivity index (χ1v) is 7.64. The molecule has 0 saturated carbocycles. The Morgan fingerprint density at radius 2 is 1.88 bits per heavy atom. The lowest BCUT2D eigenvalue weighted by molar-refractivity contribution is 0.0950. The zero-order chi connectivity index (χ0) is 16.9. The Balaban J connectivity index is 1.64. The molecular weight excluding hydrogens is 316 g/mol. The number of hydrogen-bond donors (Lipinski definition) is 1. The Morgan fingerprint density at radius 3 is 2.58 bits per heavy atom. The van der Waals surface area contributed by atoms with Gasteiger partial charge in [-0.15, -0.1) is 0 Å². The highest BCUT2D eigenvalue weighted by atomic mass is 19.1. The average molecular weight is 333 g/mol. The molecular formula is C17H17F2N3O2. The number of nitrogens with zero attached hydrogens (tertiary/aromatic N) is 2. The summed E-state index contributed by atoms with van der Waals surface area (Å²) in [6.45, 7) is 3.11. The molecule has 3 rings (SSSR count). The Hall–Kier alpha value is -2.54. The van der Waals surface area contributed by atoms with Crippen LogP contribution in [0.5, 0.6) is 0 Å². The van der Waals surface area contributed by atoms with Gasteiger partial charge in [0, 0.05) is 37.5 Å². The summed E-state index contributed by atoms with van der Waals surface area (Å²) in [5.41, 5.74) is 0.812. The molecule has 0 bridgehead atoms. The minimum Gasteiger partial charge on any atom is -0.378 e. The van der Waals surface area contributed by atoms with Gasteiger partial charge in [-0.3, -0.25) is 4.79 Å². The number of halogens is 2. The van der Waals surface area contributed by atoms with Crippen molar-refractivity contribution in [1.82, 2.24) is 10.3 Å². The van der Waals surface area contributed by atoms with Crippen molar-refractivity contribution in [2.24, 2.45) is 0 Å². The smallest absolute Gasteiger partial charge is 0.251 e. The first-order chi connectivity index (χ1) is 11.6. The van der Waals surface area contributed by atoms with E-state index in [1.807, 2.05) is 6.07 Å². The fourth-order valence-corrected chi connectivity index (χ4v) is 2.51. The summed E-state index contributed by atoms with van der Waals surface area (Å²) in [6.07, 6.45) is 1.67. The zero-order valence-electron chi connectivity index (χ0n) is 13.0. The van der Waals surface area contributed by atoms with Crippen LogP contribution in [0.3, 0.4) is 0 Å². The van der Waals surface area contributed by atoms with Gasteiger partial charge in [0.15, 0.2) is 0 Å². The van der Waals surface area contributed by atoms with Crippen LogP contribution in [-0.2, 0) is 11.3 Å². The van der Waals surface area contributed by atoms with Gasteiger partial charge in [-0.1, -0.05) is 0 Å². The number of benzene rings is 1. The van der Waals surface area contributed by atoms with E-state index in [1.54, 1.807) is 12.3 Å². The highest BCUT2D eigenvalue weighted by Gasteiger charge is 2.13. The standard InChI is InChI=1S/C17H17F2N3O2/c18-14-8-13(9-15(19)10-14)17(23)21-11-12-1-2-20-16(7-12)22-3-5-24-6-4-22/h1-2,7-10H,3-6,11H2,(H,21,23). The van der Waals surface area contributed by atoms with Gasteiger partial charge in [0.25, 0.3) is 5.91 Å². The van der Waals surface area contributed by atoms with Crippen molar-refractivity contribution < 1.29 is 18.3 Å². The van der Waals surface area contributed by atoms with Crippen LogP contribution in [0, 0.1) is 11.6 Å². The van der Waals surface area contributed by atoms with Crippen molar-refractivity contribution in [2.45, 2.75) is 6.54 Å². The van der Waals surface area contributed by atoms with Gasteiger partial charge in [-0.05, 0) is 29.8 Å². The molecule has 1 saturated heterocycles. The number of ether oxygens (including phenoxy) is 1. The molecule has 1 aromatic heterocycles. The first-order valence-electron chi connectivity index (χ1n) is 7.64. The van der Waals surface area contributed by atoms with Crippen molar-refractivity contribution in [3.05, 3.63) is 59.3 Å². The molecule has 126 valence electrons. The van der Waals surface area contributed by atoms with Gasteiger partial charge in [-0.25, -0.2) is 13.8 Å². The molecule has 0 unspecified atom stereocenters. The summed E-state index contributed by atoms with van der Waals surface area (Å²) < 4.78 is 31.6. The molecule has 0 atom stereocenters. The van der Waals surface area contributed by atoms with Crippen LogP contribution >= 0.6 is 0 Å². The van der Waals surface area contributed by atoms with Crippen molar-refractivity contribution in [2.75, 3.05) is 31.2 Å². The second-order valence-electron chi connectivity index (χ2n) is 5.46. The summed E-state index contributed by atoms with van der Waals surface area (Å²) in [5, 5.41) is 2.66. The molecule has 1 aromatic carbocycles. The molecule has 1 fully saturated rings. The normalized spacial score (nSPS) is 14.5. The predicted molar refractivity (Wildman–Crippen MR) is 84.8 cm³/mol. The number of rotatable bonds is 4. The Morgan fingerprint density at radius 1 is 1.17 bits per heavy atom. The van der Waals surface area contributed by atoms with Crippen molar-refractivity contribution in [3.8, 4) is 0 Å². The van der Waals surface area contributed by atoms with Gasteiger partial charge in [0.1, 0.15) is 17.5 Å². The molecule has 1 aliphatic rings. The van der Waals surface area contributed by atoms with E-state index in [4.69, 9.17) is 4.74 Å². The van der Waals surface area contributed by atoms with Gasteiger partial charge in [0.2, 0.25) is 0 Å². The number of nitrogens with one attached hydrogen (secondary N) is 1. The van der Waals surface area contributed by atoms with Crippen molar-refractivity contribution in [1.29, 1.82) is 0 Å². The van der Waals surface area contributed by atoms with E-state index in [-0.39, 0.29) is 12.1 Å². The Labute approximate surface area is 138 Å². The molecule has 5 nitrogen and oxygen atoms in total. The average Bonchev–Trinajstić information content (AvgIpc) is 2.60. The fraction of sp³-hybridized carbons (Fsp3) is 0.294. The minimum atomic E-state index is -0.779. The van der Waals surface area contributed by atoms with Crippen LogP contribution in [0.25, 0.3) is 0 Å². The molecule has 24 heavy (non-hydrogen) atoms. The molecule has 7 heteroatoms. The number of morpholine rings is 1. The fourth-order valence-electron chi connectivity index (χ4n) is 2.51. The van der Waals surface area contributed by atoms with Crippen LogP contribution in [-0.4, -0.2) is 37.2 Å². The maximum absolute atomic E-state index is 13.2. The zero-order valence-corrected chi connectivity index (χ0v) is 13.0. The number of aromatic nitrogens is 1. The number of anilines is 1. The van der Waals surface area contributed by atoms with Crippen LogP contribution in [0.2, 0.25) is 0 Å². The highest BCUT2D eigenvalue weighted by molar-refractivity contribution is 5.94. The molecule has 1 aliphatic heterocycles. The third-order valence-electron chi connectivity index (χ3n) is 3.72. The summed E-state index contributed by atoms with van der Waals surface area (Å²) in [7, 11) is 0. The van der Waals surface area contributed by atoms with Crippen LogP contribution in [0.1, 0.15) is 15.9 Å². The highest BCUT2D eigenvalue weighted by Crippen LogP contribution is 2.14. The molecule has 0 aliphatic carbocycles. The summed E-state index contributed by atoms with van der Waals surface area (Å²) in [4.78, 5) is 18.5. The molecule has 2 aromatic rings. The third kappa shape index (κ3) is 4.05. The lowest BCUT2D eigenvalue weighted by atomic mass is 10.2. The second-order valence-corrected chi connectivity index (χ2v) is 5.46.